The second kappa shape index (κ2) is 8.02. The molecule has 0 saturated carbocycles. The van der Waals surface area contributed by atoms with Crippen molar-refractivity contribution >= 4 is 33.7 Å². The first-order chi connectivity index (χ1) is 12.1. The molecule has 7 heteroatoms. The number of ether oxygens (including phenoxy) is 2. The van der Waals surface area contributed by atoms with E-state index in [0.717, 1.165) is 10.0 Å². The smallest absolute Gasteiger partial charge is 0.267 e. The summed E-state index contributed by atoms with van der Waals surface area (Å²) >= 11 is 3.42. The molecule has 2 aromatic rings. The number of fused-ring (bicyclic) bond motifs is 1. The number of rotatable bonds is 5. The minimum atomic E-state index is -0.744. The molecular weight excluding hydrogens is 388 g/mol. The number of anilines is 1. The highest BCUT2D eigenvalue weighted by atomic mass is 79.9. The summed E-state index contributed by atoms with van der Waals surface area (Å²) in [7, 11) is 0. The van der Waals surface area contributed by atoms with Crippen LogP contribution in [0.1, 0.15) is 12.5 Å². The Morgan fingerprint density at radius 1 is 1.24 bits per heavy atom. The van der Waals surface area contributed by atoms with Gasteiger partial charge in [-0.25, -0.2) is 0 Å². The van der Waals surface area contributed by atoms with E-state index in [1.165, 1.54) is 0 Å². The molecule has 0 saturated heterocycles. The third-order valence-corrected chi connectivity index (χ3v) is 4.22. The molecule has 130 valence electrons. The maximum absolute atomic E-state index is 12.2. The van der Waals surface area contributed by atoms with Gasteiger partial charge in [-0.1, -0.05) is 39.3 Å². The Morgan fingerprint density at radius 2 is 2.00 bits per heavy atom. The first-order valence-electron chi connectivity index (χ1n) is 7.78. The number of hydrogen-bond acceptors (Lipinski definition) is 5. The maximum atomic E-state index is 12.2. The van der Waals surface area contributed by atoms with Crippen molar-refractivity contribution in [3.8, 4) is 11.5 Å². The van der Waals surface area contributed by atoms with Crippen LogP contribution in [0.2, 0.25) is 0 Å². The van der Waals surface area contributed by atoms with Crippen LogP contribution in [0.5, 0.6) is 11.5 Å². The lowest BCUT2D eigenvalue weighted by molar-refractivity contribution is -0.126. The number of amides is 1. The van der Waals surface area contributed by atoms with E-state index in [-0.39, 0.29) is 5.91 Å². The summed E-state index contributed by atoms with van der Waals surface area (Å²) in [6.45, 7) is 2.65. The van der Waals surface area contributed by atoms with Gasteiger partial charge in [0.1, 0.15) is 13.2 Å². The molecule has 0 bridgehead atoms. The summed E-state index contributed by atoms with van der Waals surface area (Å²) in [4.78, 5) is 17.4. The van der Waals surface area contributed by atoms with Gasteiger partial charge in [0.05, 0.1) is 6.21 Å². The predicted molar refractivity (Wildman–Crippen MR) is 98.3 cm³/mol. The quantitative estimate of drug-likeness (QED) is 0.610. The molecule has 0 aliphatic carbocycles. The van der Waals surface area contributed by atoms with E-state index in [1.807, 2.05) is 24.3 Å². The van der Waals surface area contributed by atoms with Crippen molar-refractivity contribution in [2.45, 2.75) is 13.0 Å². The molecule has 0 aromatic heterocycles. The molecule has 0 unspecified atom stereocenters. The lowest BCUT2D eigenvalue weighted by Crippen LogP contribution is -2.26. The summed E-state index contributed by atoms with van der Waals surface area (Å²) < 4.78 is 11.8. The van der Waals surface area contributed by atoms with Crippen molar-refractivity contribution in [3.05, 3.63) is 52.5 Å². The number of halogens is 1. The van der Waals surface area contributed by atoms with Crippen molar-refractivity contribution in [2.24, 2.45) is 5.16 Å². The Labute approximate surface area is 153 Å². The van der Waals surface area contributed by atoms with Crippen molar-refractivity contribution in [1.82, 2.24) is 0 Å². The Balaban J connectivity index is 1.56. The number of nitrogens with one attached hydrogen (secondary N) is 1. The van der Waals surface area contributed by atoms with Crippen molar-refractivity contribution in [1.29, 1.82) is 0 Å². The first-order valence-corrected chi connectivity index (χ1v) is 8.57. The number of carbonyl (C=O) groups is 1. The van der Waals surface area contributed by atoms with E-state index in [4.69, 9.17) is 14.3 Å². The van der Waals surface area contributed by atoms with Crippen LogP contribution in [0.25, 0.3) is 0 Å². The van der Waals surface area contributed by atoms with Gasteiger partial charge in [-0.3, -0.25) is 4.79 Å². The van der Waals surface area contributed by atoms with Crippen LogP contribution in [0, 0.1) is 0 Å². The molecule has 1 aliphatic rings. The first kappa shape index (κ1) is 17.3. The van der Waals surface area contributed by atoms with Crippen LogP contribution in [0.15, 0.2) is 52.1 Å². The Bertz CT molecular complexity index is 794. The van der Waals surface area contributed by atoms with Crippen LogP contribution < -0.4 is 14.8 Å². The van der Waals surface area contributed by atoms with Gasteiger partial charge in [0.15, 0.2) is 11.5 Å². The minimum Gasteiger partial charge on any atom is -0.486 e. The van der Waals surface area contributed by atoms with E-state index in [1.54, 1.807) is 31.3 Å². The zero-order chi connectivity index (χ0) is 17.6. The van der Waals surface area contributed by atoms with Crippen LogP contribution in [-0.4, -0.2) is 31.4 Å². The van der Waals surface area contributed by atoms with Gasteiger partial charge in [0.2, 0.25) is 6.10 Å². The zero-order valence-electron chi connectivity index (χ0n) is 13.6. The molecule has 6 nitrogen and oxygen atoms in total. The van der Waals surface area contributed by atoms with Gasteiger partial charge < -0.3 is 19.6 Å². The molecule has 1 amide bonds. The number of benzene rings is 2. The number of nitrogens with zero attached hydrogens (tertiary/aromatic N) is 1. The minimum absolute atomic E-state index is 0.305. The SMILES string of the molecule is C[C@H](O/N=C\c1ccccc1Br)C(=O)Nc1ccc2c(c1)OCCO2. The molecule has 1 aliphatic heterocycles. The second-order valence-electron chi connectivity index (χ2n) is 5.35. The third kappa shape index (κ3) is 4.51. The molecule has 0 fully saturated rings. The van der Waals surface area contributed by atoms with Gasteiger partial charge in [0, 0.05) is 21.8 Å². The fraction of sp³-hybridized carbons (Fsp3) is 0.222. The van der Waals surface area contributed by atoms with E-state index in [0.29, 0.717) is 30.4 Å². The predicted octanol–water partition coefficient (Wildman–Crippen LogP) is 3.60. The van der Waals surface area contributed by atoms with Crippen molar-refractivity contribution < 1.29 is 19.1 Å². The molecule has 0 radical (unpaired) electrons. The maximum Gasteiger partial charge on any atom is 0.267 e. The topological polar surface area (TPSA) is 69.2 Å². The average Bonchev–Trinajstić information content (AvgIpc) is 2.63. The van der Waals surface area contributed by atoms with E-state index < -0.39 is 6.10 Å². The van der Waals surface area contributed by atoms with Crippen molar-refractivity contribution in [2.75, 3.05) is 18.5 Å². The van der Waals surface area contributed by atoms with Gasteiger partial charge in [-0.05, 0) is 25.1 Å². The summed E-state index contributed by atoms with van der Waals surface area (Å²) in [6.07, 6.45) is 0.810. The lowest BCUT2D eigenvalue weighted by atomic mass is 10.2. The second-order valence-corrected chi connectivity index (χ2v) is 6.21. The van der Waals surface area contributed by atoms with Crippen LogP contribution in [-0.2, 0) is 9.63 Å². The Kier molecular flexibility index (Phi) is 5.55. The normalized spacial score (nSPS) is 14.2. The summed E-state index contributed by atoms with van der Waals surface area (Å²) in [5, 5.41) is 6.64. The Hall–Kier alpha value is -2.54. The Morgan fingerprint density at radius 3 is 2.80 bits per heavy atom. The molecule has 1 heterocycles. The van der Waals surface area contributed by atoms with E-state index in [2.05, 4.69) is 26.4 Å². The molecular formula is C18H17BrN2O4. The largest absolute Gasteiger partial charge is 0.486 e. The van der Waals surface area contributed by atoms with Crippen LogP contribution in [0.4, 0.5) is 5.69 Å². The highest BCUT2D eigenvalue weighted by molar-refractivity contribution is 9.10. The number of carbonyl (C=O) groups excluding carboxylic acids is 1. The molecule has 1 atom stereocenters. The highest BCUT2D eigenvalue weighted by Crippen LogP contribution is 2.32. The van der Waals surface area contributed by atoms with Gasteiger partial charge >= 0.3 is 0 Å². The standard InChI is InChI=1S/C18H17BrN2O4/c1-12(25-20-11-13-4-2-3-5-15(13)19)18(22)21-14-6-7-16-17(10-14)24-9-8-23-16/h2-7,10-12H,8-9H2,1H3,(H,21,22)/b20-11-/t12-/m0/s1. The van der Waals surface area contributed by atoms with Gasteiger partial charge in [0.25, 0.3) is 5.91 Å². The average molecular weight is 405 g/mol. The van der Waals surface area contributed by atoms with Crippen LogP contribution in [0.3, 0.4) is 0 Å². The van der Waals surface area contributed by atoms with E-state index >= 15 is 0 Å². The summed E-state index contributed by atoms with van der Waals surface area (Å²) in [5.74, 6) is 0.983. The number of hydrogen-bond donors (Lipinski definition) is 1. The molecule has 2 aromatic carbocycles. The van der Waals surface area contributed by atoms with Gasteiger partial charge in [-0.15, -0.1) is 0 Å². The molecule has 3 rings (SSSR count). The van der Waals surface area contributed by atoms with Crippen LogP contribution >= 0.6 is 15.9 Å². The third-order valence-electron chi connectivity index (χ3n) is 3.49. The monoisotopic (exact) mass is 404 g/mol. The van der Waals surface area contributed by atoms with E-state index in [9.17, 15) is 4.79 Å². The zero-order valence-corrected chi connectivity index (χ0v) is 15.2. The lowest BCUT2D eigenvalue weighted by Gasteiger charge is -2.19. The molecule has 0 spiro atoms. The molecule has 1 N–H and O–H groups in total. The summed E-state index contributed by atoms with van der Waals surface area (Å²) in [6, 6.07) is 12.8. The number of oxime groups is 1. The fourth-order valence-corrected chi connectivity index (χ4v) is 2.56. The van der Waals surface area contributed by atoms with Gasteiger partial charge in [-0.2, -0.15) is 0 Å². The highest BCUT2D eigenvalue weighted by Gasteiger charge is 2.17. The van der Waals surface area contributed by atoms with Crippen molar-refractivity contribution in [3.63, 3.8) is 0 Å². The molecule has 25 heavy (non-hydrogen) atoms. The fourth-order valence-electron chi connectivity index (χ4n) is 2.17. The summed E-state index contributed by atoms with van der Waals surface area (Å²) in [5.41, 5.74) is 1.47.